The Balaban J connectivity index is 1.90. The molecule has 0 unspecified atom stereocenters. The molecule has 0 bridgehead atoms. The summed E-state index contributed by atoms with van der Waals surface area (Å²) in [5.74, 6) is -0.0369. The summed E-state index contributed by atoms with van der Waals surface area (Å²) in [5.41, 5.74) is 7.06. The minimum atomic E-state index is -0.0369. The number of nitrogens with zero attached hydrogens (tertiary/aromatic N) is 1. The van der Waals surface area contributed by atoms with Crippen LogP contribution in [0.15, 0.2) is 12.3 Å². The lowest BCUT2D eigenvalue weighted by Gasteiger charge is -2.35. The Labute approximate surface area is 114 Å². The maximum Gasteiger partial charge on any atom is 0.268 e. The average Bonchev–Trinajstić information content (AvgIpc) is 2.68. The van der Waals surface area contributed by atoms with Crippen molar-refractivity contribution >= 4 is 11.6 Å². The molecule has 19 heavy (non-hydrogen) atoms. The molecule has 0 saturated heterocycles. The first kappa shape index (κ1) is 13.9. The molecule has 1 heterocycles. The van der Waals surface area contributed by atoms with Crippen LogP contribution < -0.4 is 11.1 Å². The standard InChI is InChI=1S/C14H23N3O2/c1-3-5-17-9-10(15)6-13(17)14(18)16-11-7-12(8-11)19-4-2/h6,9,11-12H,3-5,7-8,15H2,1-2H3,(H,16,18). The second-order valence-corrected chi connectivity index (χ2v) is 5.07. The van der Waals surface area contributed by atoms with Gasteiger partial charge in [-0.05, 0) is 32.3 Å². The molecule has 1 fully saturated rings. The van der Waals surface area contributed by atoms with Crippen LogP contribution in [0.3, 0.4) is 0 Å². The predicted molar refractivity (Wildman–Crippen MR) is 75.0 cm³/mol. The van der Waals surface area contributed by atoms with Gasteiger partial charge >= 0.3 is 0 Å². The molecule has 2 rings (SSSR count). The van der Waals surface area contributed by atoms with Crippen molar-refractivity contribution in [1.82, 2.24) is 9.88 Å². The Hall–Kier alpha value is -1.49. The molecule has 0 atom stereocenters. The lowest BCUT2D eigenvalue weighted by Crippen LogP contribution is -2.48. The van der Waals surface area contributed by atoms with Crippen molar-refractivity contribution in [2.45, 2.75) is 51.8 Å². The highest BCUT2D eigenvalue weighted by Crippen LogP contribution is 2.23. The van der Waals surface area contributed by atoms with Gasteiger partial charge in [0.05, 0.1) is 11.8 Å². The van der Waals surface area contributed by atoms with Gasteiger partial charge < -0.3 is 20.4 Å². The molecular formula is C14H23N3O2. The number of carbonyl (C=O) groups is 1. The van der Waals surface area contributed by atoms with E-state index in [0.29, 0.717) is 17.5 Å². The van der Waals surface area contributed by atoms with Crippen LogP contribution in [0.4, 0.5) is 5.69 Å². The van der Waals surface area contributed by atoms with Crippen LogP contribution >= 0.6 is 0 Å². The molecule has 1 aromatic heterocycles. The van der Waals surface area contributed by atoms with Crippen LogP contribution in [0.25, 0.3) is 0 Å². The number of anilines is 1. The van der Waals surface area contributed by atoms with E-state index in [2.05, 4.69) is 12.2 Å². The van der Waals surface area contributed by atoms with E-state index in [1.807, 2.05) is 17.7 Å². The van der Waals surface area contributed by atoms with Crippen molar-refractivity contribution in [2.75, 3.05) is 12.3 Å². The number of nitrogen functional groups attached to an aromatic ring is 1. The van der Waals surface area contributed by atoms with E-state index in [-0.39, 0.29) is 11.9 Å². The minimum Gasteiger partial charge on any atom is -0.397 e. The van der Waals surface area contributed by atoms with Gasteiger partial charge in [-0.1, -0.05) is 6.92 Å². The van der Waals surface area contributed by atoms with Crippen LogP contribution in [0.2, 0.25) is 0 Å². The zero-order valence-electron chi connectivity index (χ0n) is 11.7. The SMILES string of the molecule is CCCn1cc(N)cc1C(=O)NC1CC(OCC)C1. The van der Waals surface area contributed by atoms with Crippen LogP contribution in [0.5, 0.6) is 0 Å². The van der Waals surface area contributed by atoms with E-state index in [9.17, 15) is 4.79 Å². The summed E-state index contributed by atoms with van der Waals surface area (Å²) in [7, 11) is 0. The van der Waals surface area contributed by atoms with Crippen molar-refractivity contribution in [3.8, 4) is 0 Å². The van der Waals surface area contributed by atoms with Gasteiger partial charge in [-0.2, -0.15) is 0 Å². The summed E-state index contributed by atoms with van der Waals surface area (Å²) < 4.78 is 7.41. The third-order valence-electron chi connectivity index (χ3n) is 3.45. The summed E-state index contributed by atoms with van der Waals surface area (Å²) in [5, 5.41) is 3.04. The Kier molecular flexibility index (Phi) is 4.47. The second-order valence-electron chi connectivity index (χ2n) is 5.07. The van der Waals surface area contributed by atoms with E-state index in [4.69, 9.17) is 10.5 Å². The third-order valence-corrected chi connectivity index (χ3v) is 3.45. The third kappa shape index (κ3) is 3.29. The van der Waals surface area contributed by atoms with Crippen LogP contribution in [-0.4, -0.2) is 29.2 Å². The highest BCUT2D eigenvalue weighted by atomic mass is 16.5. The average molecular weight is 265 g/mol. The molecule has 5 heteroatoms. The molecular weight excluding hydrogens is 242 g/mol. The first-order chi connectivity index (χ1) is 9.13. The molecule has 3 N–H and O–H groups in total. The maximum atomic E-state index is 12.2. The molecule has 0 aliphatic heterocycles. The molecule has 1 saturated carbocycles. The molecule has 0 radical (unpaired) electrons. The van der Waals surface area contributed by atoms with E-state index >= 15 is 0 Å². The van der Waals surface area contributed by atoms with E-state index in [0.717, 1.165) is 32.4 Å². The molecule has 1 aromatic rings. The Morgan fingerprint density at radius 3 is 2.89 bits per heavy atom. The molecule has 106 valence electrons. The monoisotopic (exact) mass is 265 g/mol. The Bertz CT molecular complexity index is 436. The van der Waals surface area contributed by atoms with Gasteiger partial charge in [0, 0.05) is 25.4 Å². The summed E-state index contributed by atoms with van der Waals surface area (Å²) in [6.07, 6.45) is 4.92. The Morgan fingerprint density at radius 1 is 1.53 bits per heavy atom. The number of rotatable bonds is 6. The largest absolute Gasteiger partial charge is 0.397 e. The zero-order valence-corrected chi connectivity index (χ0v) is 11.7. The predicted octanol–water partition coefficient (Wildman–Crippen LogP) is 1.78. The van der Waals surface area contributed by atoms with Crippen molar-refractivity contribution in [2.24, 2.45) is 0 Å². The van der Waals surface area contributed by atoms with Gasteiger partial charge in [-0.3, -0.25) is 4.79 Å². The topological polar surface area (TPSA) is 69.3 Å². The number of ether oxygens (including phenoxy) is 1. The molecule has 1 aliphatic rings. The Morgan fingerprint density at radius 2 is 2.26 bits per heavy atom. The smallest absolute Gasteiger partial charge is 0.268 e. The van der Waals surface area contributed by atoms with Crippen molar-refractivity contribution < 1.29 is 9.53 Å². The lowest BCUT2D eigenvalue weighted by molar-refractivity contribution is -0.00870. The summed E-state index contributed by atoms with van der Waals surface area (Å²) in [6, 6.07) is 1.97. The fourth-order valence-electron chi connectivity index (χ4n) is 2.46. The van der Waals surface area contributed by atoms with Gasteiger partial charge in [-0.15, -0.1) is 0 Å². The molecule has 1 aliphatic carbocycles. The van der Waals surface area contributed by atoms with E-state index < -0.39 is 0 Å². The number of aromatic nitrogens is 1. The first-order valence-corrected chi connectivity index (χ1v) is 7.02. The van der Waals surface area contributed by atoms with Gasteiger partial charge in [0.25, 0.3) is 5.91 Å². The number of hydrogen-bond donors (Lipinski definition) is 2. The van der Waals surface area contributed by atoms with Gasteiger partial charge in [0.1, 0.15) is 5.69 Å². The van der Waals surface area contributed by atoms with Crippen LogP contribution in [0, 0.1) is 0 Å². The number of amides is 1. The van der Waals surface area contributed by atoms with Gasteiger partial charge in [-0.25, -0.2) is 0 Å². The number of nitrogens with two attached hydrogens (primary N) is 1. The molecule has 1 amide bonds. The zero-order chi connectivity index (χ0) is 13.8. The molecule has 0 aromatic carbocycles. The fourth-order valence-corrected chi connectivity index (χ4v) is 2.46. The lowest BCUT2D eigenvalue weighted by atomic mass is 9.89. The van der Waals surface area contributed by atoms with Crippen molar-refractivity contribution in [3.05, 3.63) is 18.0 Å². The minimum absolute atomic E-state index is 0.0369. The second kappa shape index (κ2) is 6.10. The highest BCUT2D eigenvalue weighted by Gasteiger charge is 2.31. The highest BCUT2D eigenvalue weighted by molar-refractivity contribution is 5.94. The quantitative estimate of drug-likeness (QED) is 0.823. The summed E-state index contributed by atoms with van der Waals surface area (Å²) in [6.45, 7) is 5.62. The van der Waals surface area contributed by atoms with Gasteiger partial charge in [0.2, 0.25) is 0 Å². The van der Waals surface area contributed by atoms with Crippen molar-refractivity contribution in [3.63, 3.8) is 0 Å². The summed E-state index contributed by atoms with van der Waals surface area (Å²) in [4.78, 5) is 12.2. The first-order valence-electron chi connectivity index (χ1n) is 7.02. The van der Waals surface area contributed by atoms with Crippen LogP contribution in [-0.2, 0) is 11.3 Å². The molecule has 5 nitrogen and oxygen atoms in total. The maximum absolute atomic E-state index is 12.2. The fraction of sp³-hybridized carbons (Fsp3) is 0.643. The number of carbonyl (C=O) groups excluding carboxylic acids is 1. The van der Waals surface area contributed by atoms with Crippen LogP contribution in [0.1, 0.15) is 43.6 Å². The molecule has 0 spiro atoms. The van der Waals surface area contributed by atoms with E-state index in [1.165, 1.54) is 0 Å². The number of aryl methyl sites for hydroxylation is 1. The number of nitrogens with one attached hydrogen (secondary N) is 1. The van der Waals surface area contributed by atoms with Crippen molar-refractivity contribution in [1.29, 1.82) is 0 Å². The normalized spacial score (nSPS) is 22.0. The number of hydrogen-bond acceptors (Lipinski definition) is 3. The van der Waals surface area contributed by atoms with E-state index in [1.54, 1.807) is 6.07 Å². The summed E-state index contributed by atoms with van der Waals surface area (Å²) >= 11 is 0. The van der Waals surface area contributed by atoms with Gasteiger partial charge in [0.15, 0.2) is 0 Å².